The molecule has 26 heavy (non-hydrogen) atoms. The molecule has 2 amide bonds. The second kappa shape index (κ2) is 9.46. The largest absolute Gasteiger partial charge is 0.484 e. The fourth-order valence-electron chi connectivity index (χ4n) is 2.36. The number of halogens is 2. The molecule has 0 aliphatic heterocycles. The molecule has 2 aromatic rings. The summed E-state index contributed by atoms with van der Waals surface area (Å²) in [6.45, 7) is 3.90. The van der Waals surface area contributed by atoms with Gasteiger partial charge in [-0.15, -0.1) is 0 Å². The molecular formula is C19H20Cl2N2O3. The average Bonchev–Trinajstić information content (AvgIpc) is 2.60. The van der Waals surface area contributed by atoms with Crippen molar-refractivity contribution in [2.45, 2.75) is 13.8 Å². The zero-order chi connectivity index (χ0) is 19.1. The minimum absolute atomic E-state index is 0.113. The van der Waals surface area contributed by atoms with E-state index in [1.165, 1.54) is 6.92 Å². The van der Waals surface area contributed by atoms with Crippen molar-refractivity contribution < 1.29 is 14.3 Å². The van der Waals surface area contributed by atoms with Crippen LogP contribution >= 0.6 is 23.2 Å². The smallest absolute Gasteiger partial charge is 0.258 e. The first-order chi connectivity index (χ1) is 12.4. The van der Waals surface area contributed by atoms with Crippen LogP contribution in [0.1, 0.15) is 12.5 Å². The molecule has 1 N–H and O–H groups in total. The van der Waals surface area contributed by atoms with Gasteiger partial charge in [-0.05, 0) is 48.9 Å². The summed E-state index contributed by atoms with van der Waals surface area (Å²) in [4.78, 5) is 25.4. The zero-order valence-corrected chi connectivity index (χ0v) is 16.1. The van der Waals surface area contributed by atoms with Crippen LogP contribution in [0.5, 0.6) is 5.75 Å². The van der Waals surface area contributed by atoms with E-state index in [0.717, 1.165) is 11.3 Å². The number of amides is 2. The van der Waals surface area contributed by atoms with Crippen molar-refractivity contribution in [3.05, 3.63) is 58.1 Å². The molecule has 0 unspecified atom stereocenters. The van der Waals surface area contributed by atoms with Crippen LogP contribution < -0.4 is 15.0 Å². The molecule has 0 aliphatic carbocycles. The number of carbonyl (C=O) groups excluding carboxylic acids is 2. The van der Waals surface area contributed by atoms with E-state index in [4.69, 9.17) is 27.9 Å². The van der Waals surface area contributed by atoms with Crippen molar-refractivity contribution in [1.82, 2.24) is 5.32 Å². The van der Waals surface area contributed by atoms with Gasteiger partial charge in [-0.25, -0.2) is 0 Å². The molecule has 0 aliphatic rings. The number of nitrogens with zero attached hydrogens (tertiary/aromatic N) is 1. The Hall–Kier alpha value is -2.24. The van der Waals surface area contributed by atoms with Crippen LogP contribution in [0, 0.1) is 6.92 Å². The van der Waals surface area contributed by atoms with Gasteiger partial charge in [0.1, 0.15) is 5.75 Å². The van der Waals surface area contributed by atoms with Crippen LogP contribution in [-0.4, -0.2) is 31.5 Å². The van der Waals surface area contributed by atoms with Crippen LogP contribution in [0.4, 0.5) is 5.69 Å². The molecule has 0 atom stereocenters. The van der Waals surface area contributed by atoms with Gasteiger partial charge in [0, 0.05) is 35.7 Å². The normalized spacial score (nSPS) is 10.3. The second-order valence-electron chi connectivity index (χ2n) is 5.69. The Balaban J connectivity index is 1.85. The van der Waals surface area contributed by atoms with E-state index in [0.29, 0.717) is 28.9 Å². The second-order valence-corrected chi connectivity index (χ2v) is 6.57. The maximum atomic E-state index is 12.0. The molecule has 138 valence electrons. The summed E-state index contributed by atoms with van der Waals surface area (Å²) in [5, 5.41) is 3.89. The third kappa shape index (κ3) is 5.93. The number of carbonyl (C=O) groups is 2. The molecule has 0 bridgehead atoms. The lowest BCUT2D eigenvalue weighted by Gasteiger charge is -2.23. The molecule has 0 heterocycles. The summed E-state index contributed by atoms with van der Waals surface area (Å²) >= 11 is 11.8. The molecule has 0 saturated heterocycles. The Kier molecular flexibility index (Phi) is 7.30. The highest BCUT2D eigenvalue weighted by Gasteiger charge is 2.14. The highest BCUT2D eigenvalue weighted by molar-refractivity contribution is 6.31. The van der Waals surface area contributed by atoms with Crippen molar-refractivity contribution in [2.75, 3.05) is 24.6 Å². The van der Waals surface area contributed by atoms with Crippen molar-refractivity contribution >= 4 is 40.7 Å². The lowest BCUT2D eigenvalue weighted by molar-refractivity contribution is -0.123. The first-order valence-corrected chi connectivity index (χ1v) is 8.81. The summed E-state index contributed by atoms with van der Waals surface area (Å²) < 4.78 is 5.38. The lowest BCUT2D eigenvalue weighted by atomic mass is 10.2. The number of rotatable bonds is 7. The highest BCUT2D eigenvalue weighted by Crippen LogP contribution is 2.24. The maximum absolute atomic E-state index is 12.0. The van der Waals surface area contributed by atoms with Gasteiger partial charge in [-0.2, -0.15) is 0 Å². The Morgan fingerprint density at radius 1 is 1.08 bits per heavy atom. The highest BCUT2D eigenvalue weighted by atomic mass is 35.5. The quantitative estimate of drug-likeness (QED) is 0.775. The van der Waals surface area contributed by atoms with E-state index in [9.17, 15) is 9.59 Å². The number of hydrogen-bond donors (Lipinski definition) is 1. The minimum atomic E-state index is -0.272. The number of aryl methyl sites for hydroxylation is 1. The van der Waals surface area contributed by atoms with Crippen LogP contribution in [0.25, 0.3) is 0 Å². The first-order valence-electron chi connectivity index (χ1n) is 8.06. The monoisotopic (exact) mass is 394 g/mol. The summed E-state index contributed by atoms with van der Waals surface area (Å²) in [5.41, 5.74) is 1.67. The van der Waals surface area contributed by atoms with Crippen LogP contribution in [0.15, 0.2) is 42.5 Å². The molecule has 0 aromatic heterocycles. The van der Waals surface area contributed by atoms with E-state index >= 15 is 0 Å². The van der Waals surface area contributed by atoms with Crippen LogP contribution in [0.3, 0.4) is 0 Å². The third-order valence-corrected chi connectivity index (χ3v) is 4.17. The van der Waals surface area contributed by atoms with Gasteiger partial charge >= 0.3 is 0 Å². The average molecular weight is 395 g/mol. The van der Waals surface area contributed by atoms with E-state index < -0.39 is 0 Å². The van der Waals surface area contributed by atoms with Crippen LogP contribution in [-0.2, 0) is 9.59 Å². The molecule has 2 rings (SSSR count). The first kappa shape index (κ1) is 20.1. The number of anilines is 1. The molecule has 0 saturated carbocycles. The van der Waals surface area contributed by atoms with E-state index in [1.54, 1.807) is 41.3 Å². The predicted molar refractivity (Wildman–Crippen MR) is 104 cm³/mol. The summed E-state index contributed by atoms with van der Waals surface area (Å²) in [5.74, 6) is 0.165. The topological polar surface area (TPSA) is 58.6 Å². The number of hydrogen-bond acceptors (Lipinski definition) is 3. The third-order valence-electron chi connectivity index (χ3n) is 3.68. The van der Waals surface area contributed by atoms with Gasteiger partial charge < -0.3 is 15.0 Å². The molecular weight excluding hydrogens is 375 g/mol. The summed E-state index contributed by atoms with van der Waals surface area (Å²) in [7, 11) is 0. The Bertz CT molecular complexity index is 779. The molecule has 0 spiro atoms. The fraction of sp³-hybridized carbons (Fsp3) is 0.263. The Labute approximate surface area is 162 Å². The number of ether oxygens (including phenoxy) is 1. The molecule has 7 heteroatoms. The van der Waals surface area contributed by atoms with Gasteiger partial charge in [-0.3, -0.25) is 9.59 Å². The summed E-state index contributed by atoms with van der Waals surface area (Å²) in [6, 6.07) is 12.1. The molecule has 2 aromatic carbocycles. The molecule has 5 nitrogen and oxygen atoms in total. The molecule has 0 radical (unpaired) electrons. The number of nitrogens with one attached hydrogen (secondary N) is 1. The maximum Gasteiger partial charge on any atom is 0.258 e. The minimum Gasteiger partial charge on any atom is -0.484 e. The van der Waals surface area contributed by atoms with Crippen molar-refractivity contribution in [2.24, 2.45) is 0 Å². The van der Waals surface area contributed by atoms with E-state index in [1.807, 2.05) is 13.0 Å². The van der Waals surface area contributed by atoms with Gasteiger partial charge in [-0.1, -0.05) is 29.3 Å². The van der Waals surface area contributed by atoms with Crippen LogP contribution in [0.2, 0.25) is 10.0 Å². The van der Waals surface area contributed by atoms with Gasteiger partial charge in [0.25, 0.3) is 5.91 Å². The van der Waals surface area contributed by atoms with E-state index in [2.05, 4.69) is 5.32 Å². The van der Waals surface area contributed by atoms with Gasteiger partial charge in [0.05, 0.1) is 0 Å². The Morgan fingerprint density at radius 3 is 2.38 bits per heavy atom. The number of benzene rings is 2. The summed E-state index contributed by atoms with van der Waals surface area (Å²) in [6.07, 6.45) is 0. The lowest BCUT2D eigenvalue weighted by Crippen LogP contribution is -2.39. The SMILES string of the molecule is CC(=O)N(CCNC(=O)COc1ccc(Cl)cc1)c1cc(Cl)ccc1C. The van der Waals surface area contributed by atoms with Crippen molar-refractivity contribution in [3.8, 4) is 5.75 Å². The van der Waals surface area contributed by atoms with Crippen molar-refractivity contribution in [3.63, 3.8) is 0 Å². The van der Waals surface area contributed by atoms with E-state index in [-0.39, 0.29) is 18.4 Å². The van der Waals surface area contributed by atoms with Crippen molar-refractivity contribution in [1.29, 1.82) is 0 Å². The molecule has 0 fully saturated rings. The zero-order valence-electron chi connectivity index (χ0n) is 14.6. The fourth-order valence-corrected chi connectivity index (χ4v) is 2.65. The predicted octanol–water partition coefficient (Wildman–Crippen LogP) is 3.85. The van der Waals surface area contributed by atoms with Gasteiger partial charge in [0.2, 0.25) is 5.91 Å². The Morgan fingerprint density at radius 2 is 1.73 bits per heavy atom. The standard InChI is InChI=1S/C19H20Cl2N2O3/c1-13-3-4-16(21)11-18(13)23(14(2)24)10-9-22-19(25)12-26-17-7-5-15(20)6-8-17/h3-8,11H,9-10,12H2,1-2H3,(H,22,25). The van der Waals surface area contributed by atoms with Gasteiger partial charge in [0.15, 0.2) is 6.61 Å².